The van der Waals surface area contributed by atoms with Crippen molar-refractivity contribution in [2.75, 3.05) is 38.2 Å². The van der Waals surface area contributed by atoms with Crippen LogP contribution in [0.5, 0.6) is 0 Å². The molecule has 1 aliphatic carbocycles. The van der Waals surface area contributed by atoms with Crippen molar-refractivity contribution in [3.8, 4) is 11.3 Å². The van der Waals surface area contributed by atoms with Crippen LogP contribution >= 0.6 is 0 Å². The van der Waals surface area contributed by atoms with E-state index in [1.54, 1.807) is 6.20 Å². The van der Waals surface area contributed by atoms with Gasteiger partial charge in [-0.15, -0.1) is 0 Å². The number of imidazole rings is 1. The summed E-state index contributed by atoms with van der Waals surface area (Å²) in [5, 5.41) is 10.2. The highest BCUT2D eigenvalue weighted by Crippen LogP contribution is 2.41. The van der Waals surface area contributed by atoms with Crippen molar-refractivity contribution in [1.29, 1.82) is 0 Å². The molecule has 1 atom stereocenters. The maximum Gasteiger partial charge on any atom is 0.251 e. The van der Waals surface area contributed by atoms with Crippen molar-refractivity contribution >= 4 is 11.6 Å². The van der Waals surface area contributed by atoms with Gasteiger partial charge in [-0.3, -0.25) is 10.1 Å². The number of hydrogen-bond donors (Lipinski definition) is 4. The molecule has 5 rings (SSSR count). The third kappa shape index (κ3) is 7.47. The summed E-state index contributed by atoms with van der Waals surface area (Å²) in [7, 11) is 0. The first-order valence-electron chi connectivity index (χ1n) is 16.1. The van der Waals surface area contributed by atoms with Crippen LogP contribution in [0.2, 0.25) is 0 Å². The summed E-state index contributed by atoms with van der Waals surface area (Å²) in [4.78, 5) is 17.6. The lowest BCUT2D eigenvalue weighted by Crippen LogP contribution is -2.52. The van der Waals surface area contributed by atoms with E-state index < -0.39 is 11.6 Å². The molecule has 2 aliphatic rings. The second kappa shape index (κ2) is 15.1. The van der Waals surface area contributed by atoms with E-state index in [2.05, 4.69) is 20.5 Å². The van der Waals surface area contributed by atoms with Crippen LogP contribution < -0.4 is 21.7 Å². The van der Waals surface area contributed by atoms with Gasteiger partial charge in [0, 0.05) is 42.5 Å². The number of anilines is 1. The third-order valence-electron chi connectivity index (χ3n) is 8.97. The molecule has 2 heterocycles. The first kappa shape index (κ1) is 32.1. The molecule has 2 aromatic carbocycles. The highest BCUT2D eigenvalue weighted by Gasteiger charge is 2.41. The first-order chi connectivity index (χ1) is 21.4. The molecule has 10 heteroatoms. The molecule has 8 nitrogen and oxygen atoms in total. The van der Waals surface area contributed by atoms with Gasteiger partial charge in [-0.25, -0.2) is 13.8 Å². The molecule has 1 aliphatic heterocycles. The first-order valence-corrected chi connectivity index (χ1v) is 16.1. The molecule has 3 aromatic rings. The minimum absolute atomic E-state index is 0.156. The molecule has 1 aromatic heterocycles. The maximum absolute atomic E-state index is 15.2. The number of halogens is 2. The van der Waals surface area contributed by atoms with Crippen LogP contribution in [0.1, 0.15) is 92.1 Å². The van der Waals surface area contributed by atoms with Crippen LogP contribution in [0.3, 0.4) is 0 Å². The number of amides is 1. The molecule has 1 amide bonds. The van der Waals surface area contributed by atoms with E-state index in [4.69, 9.17) is 15.5 Å². The van der Waals surface area contributed by atoms with Crippen molar-refractivity contribution in [2.24, 2.45) is 5.73 Å². The molecule has 44 heavy (non-hydrogen) atoms. The Labute approximate surface area is 259 Å². The van der Waals surface area contributed by atoms with Gasteiger partial charge in [-0.05, 0) is 55.7 Å². The zero-order chi connectivity index (χ0) is 30.9. The standard InChI is InChI=1S/C34H46F2N6O2/c1-24-20-26(11-13-27(24)33(43)38-17-19-44-18-16-37)41-31-32-39-22-30(28-12-10-25(35)21-29(28)36)42(32)34(23-40-31)14-8-6-4-2-3-5-7-9-15-34/h10-13,20-22,31,40-41H,2-9,14-19,23,37H2,1H3,(H,38,43). The van der Waals surface area contributed by atoms with E-state index in [0.29, 0.717) is 49.7 Å². The number of nitrogens with one attached hydrogen (secondary N) is 3. The predicted molar refractivity (Wildman–Crippen MR) is 169 cm³/mol. The summed E-state index contributed by atoms with van der Waals surface area (Å²) in [5.74, 6) is -0.556. The van der Waals surface area contributed by atoms with Gasteiger partial charge in [0.25, 0.3) is 5.91 Å². The summed E-state index contributed by atoms with van der Waals surface area (Å²) in [5.41, 5.74) is 8.48. The highest BCUT2D eigenvalue weighted by atomic mass is 19.1. The predicted octanol–water partition coefficient (Wildman–Crippen LogP) is 6.17. The van der Waals surface area contributed by atoms with E-state index >= 15 is 4.39 Å². The molecule has 1 unspecified atom stereocenters. The molecule has 0 saturated heterocycles. The number of nitrogens with two attached hydrogens (primary N) is 1. The average Bonchev–Trinajstić information content (AvgIpc) is 3.43. The van der Waals surface area contributed by atoms with E-state index in [0.717, 1.165) is 48.8 Å². The molecule has 1 saturated carbocycles. The lowest BCUT2D eigenvalue weighted by atomic mass is 9.84. The fourth-order valence-electron chi connectivity index (χ4n) is 6.72. The van der Waals surface area contributed by atoms with Crippen molar-refractivity contribution in [1.82, 2.24) is 20.2 Å². The Kier molecular flexibility index (Phi) is 11.0. The minimum atomic E-state index is -0.595. The number of aromatic nitrogens is 2. The Balaban J connectivity index is 1.42. The van der Waals surface area contributed by atoms with Gasteiger partial charge in [-0.2, -0.15) is 0 Å². The summed E-state index contributed by atoms with van der Waals surface area (Å²) in [6.07, 6.45) is 12.9. The summed E-state index contributed by atoms with van der Waals surface area (Å²) in [6, 6.07) is 9.44. The van der Waals surface area contributed by atoms with Crippen LogP contribution in [0, 0.1) is 18.6 Å². The quantitative estimate of drug-likeness (QED) is 0.217. The molecular weight excluding hydrogens is 562 g/mol. The average molecular weight is 609 g/mol. The third-order valence-corrected chi connectivity index (χ3v) is 8.97. The summed E-state index contributed by atoms with van der Waals surface area (Å²) in [6.45, 7) is 4.34. The maximum atomic E-state index is 15.2. The fraction of sp³-hybridized carbons (Fsp3) is 0.529. The second-order valence-corrected chi connectivity index (χ2v) is 12.2. The Morgan fingerprint density at radius 1 is 1.05 bits per heavy atom. The van der Waals surface area contributed by atoms with Crippen molar-refractivity contribution in [3.63, 3.8) is 0 Å². The van der Waals surface area contributed by atoms with Crippen molar-refractivity contribution < 1.29 is 18.3 Å². The number of carbonyl (C=O) groups excluding carboxylic acids is 1. The monoisotopic (exact) mass is 608 g/mol. The number of fused-ring (bicyclic) bond motifs is 2. The minimum Gasteiger partial charge on any atom is -0.378 e. The zero-order valence-electron chi connectivity index (χ0n) is 25.8. The van der Waals surface area contributed by atoms with Gasteiger partial charge in [-0.1, -0.05) is 51.4 Å². The smallest absolute Gasteiger partial charge is 0.251 e. The number of rotatable bonds is 9. The second-order valence-electron chi connectivity index (χ2n) is 12.2. The molecular formula is C34H46F2N6O2. The van der Waals surface area contributed by atoms with Gasteiger partial charge in [0.15, 0.2) is 0 Å². The van der Waals surface area contributed by atoms with Gasteiger partial charge in [0.2, 0.25) is 0 Å². The molecule has 1 spiro atoms. The normalized spacial score (nSPS) is 18.8. The lowest BCUT2D eigenvalue weighted by Gasteiger charge is -2.44. The SMILES string of the molecule is Cc1cc(NC2NCC3(CCCCCCCCCC3)n3c(-c4ccc(F)cc4F)cnc32)ccc1C(=O)NCCOCCN. The van der Waals surface area contributed by atoms with Crippen LogP contribution in [-0.4, -0.2) is 48.3 Å². The van der Waals surface area contributed by atoms with E-state index in [9.17, 15) is 9.18 Å². The Morgan fingerprint density at radius 2 is 1.77 bits per heavy atom. The molecule has 1 fully saturated rings. The number of carbonyl (C=O) groups is 1. The number of nitrogens with zero attached hydrogens (tertiary/aromatic N) is 2. The van der Waals surface area contributed by atoms with E-state index in [1.165, 1.54) is 50.7 Å². The number of aryl methyl sites for hydroxylation is 1. The number of hydrogen-bond acceptors (Lipinski definition) is 6. The van der Waals surface area contributed by atoms with E-state index in [-0.39, 0.29) is 17.6 Å². The summed E-state index contributed by atoms with van der Waals surface area (Å²) >= 11 is 0. The summed E-state index contributed by atoms with van der Waals surface area (Å²) < 4.78 is 36.7. The molecule has 0 bridgehead atoms. The largest absolute Gasteiger partial charge is 0.378 e. The van der Waals surface area contributed by atoms with Gasteiger partial charge < -0.3 is 25.7 Å². The zero-order valence-corrected chi connectivity index (χ0v) is 25.8. The van der Waals surface area contributed by atoms with Crippen LogP contribution in [0.25, 0.3) is 11.3 Å². The number of benzene rings is 2. The van der Waals surface area contributed by atoms with Gasteiger partial charge in [0.05, 0.1) is 30.6 Å². The number of ether oxygens (including phenoxy) is 1. The van der Waals surface area contributed by atoms with E-state index in [1.807, 2.05) is 25.1 Å². The lowest BCUT2D eigenvalue weighted by molar-refractivity contribution is 0.0919. The van der Waals surface area contributed by atoms with Gasteiger partial charge in [0.1, 0.15) is 23.6 Å². The fourth-order valence-corrected chi connectivity index (χ4v) is 6.72. The Hall–Kier alpha value is -3.34. The van der Waals surface area contributed by atoms with Crippen LogP contribution in [0.4, 0.5) is 14.5 Å². The Bertz CT molecular complexity index is 1400. The van der Waals surface area contributed by atoms with Gasteiger partial charge >= 0.3 is 0 Å². The van der Waals surface area contributed by atoms with Crippen molar-refractivity contribution in [2.45, 2.75) is 82.8 Å². The van der Waals surface area contributed by atoms with Crippen molar-refractivity contribution in [3.05, 3.63) is 71.2 Å². The molecule has 238 valence electrons. The Morgan fingerprint density at radius 3 is 2.45 bits per heavy atom. The topological polar surface area (TPSA) is 106 Å². The van der Waals surface area contributed by atoms with Crippen LogP contribution in [0.15, 0.2) is 42.6 Å². The molecule has 0 radical (unpaired) electrons. The van der Waals surface area contributed by atoms with Crippen LogP contribution in [-0.2, 0) is 10.3 Å². The highest BCUT2D eigenvalue weighted by molar-refractivity contribution is 5.96. The molecule has 5 N–H and O–H groups in total.